The number of fused-ring (bicyclic) bond motifs is 7. The quantitative estimate of drug-likeness (QED) is 0.408. The molecule has 0 aromatic carbocycles. The summed E-state index contributed by atoms with van der Waals surface area (Å²) in [7, 11) is 0. The predicted molar refractivity (Wildman–Crippen MR) is 129 cm³/mol. The highest BCUT2D eigenvalue weighted by atomic mass is 16.5. The van der Waals surface area contributed by atoms with Crippen LogP contribution >= 0.6 is 0 Å². The van der Waals surface area contributed by atoms with Crippen molar-refractivity contribution in [3.8, 4) is 0 Å². The zero-order valence-electron chi connectivity index (χ0n) is 21.9. The summed E-state index contributed by atoms with van der Waals surface area (Å²) in [4.78, 5) is 13.3. The van der Waals surface area contributed by atoms with E-state index in [1.165, 1.54) is 0 Å². The molecule has 5 rings (SSSR count). The third-order valence-electron chi connectivity index (χ3n) is 11.5. The van der Waals surface area contributed by atoms with Crippen LogP contribution in [0.3, 0.4) is 0 Å². The van der Waals surface area contributed by atoms with Gasteiger partial charge >= 0.3 is 0 Å². The van der Waals surface area contributed by atoms with Gasteiger partial charge in [0.1, 0.15) is 6.10 Å². The standard InChI is InChI=1S/C28H44O7/c1-13(2)14(3)22(32)24-27(6,33)23-21(35-24)12-28(34)16-9-18(29)17-10-19(30)20(31)11-25(17,4)15(16)7-8-26(23,28)5/h9,13-15,17,19-24,30-34H,7-8,10-12H2,1-6H3/t14?,15-,17-,19+,20-,21-,22-,23-,24-,25+,26+,27+,28+/m0/s1. The Bertz CT molecular complexity index is 928. The SMILES string of the molecule is CC(C)C(C)[C@H](O)[C@@H]1O[C@H]2C[C@@]3(O)C4=CC(=O)[C@@H]5C[C@@H](O)[C@@H](O)C[C@]5(C)[C@H]4CC[C@]3(C)[C@H]2[C@@]1(C)O. The molecule has 35 heavy (non-hydrogen) atoms. The average Bonchev–Trinajstić information content (AvgIpc) is 3.16. The number of carbonyl (C=O) groups is 1. The van der Waals surface area contributed by atoms with Crippen LogP contribution in [0.2, 0.25) is 0 Å². The fraction of sp³-hybridized carbons (Fsp3) is 0.893. The first-order valence-electron chi connectivity index (χ1n) is 13.5. The molecular formula is C28H44O7. The lowest BCUT2D eigenvalue weighted by molar-refractivity contribution is -0.175. The van der Waals surface area contributed by atoms with Crippen LogP contribution in [-0.2, 0) is 9.53 Å². The summed E-state index contributed by atoms with van der Waals surface area (Å²) < 4.78 is 6.38. The number of carbonyl (C=O) groups excluding carboxylic acids is 1. The Balaban J connectivity index is 1.52. The van der Waals surface area contributed by atoms with Crippen LogP contribution in [0.15, 0.2) is 11.6 Å². The molecule has 0 spiro atoms. The summed E-state index contributed by atoms with van der Waals surface area (Å²) in [6, 6.07) is 0. The van der Waals surface area contributed by atoms with E-state index in [0.717, 1.165) is 6.42 Å². The highest BCUT2D eigenvalue weighted by molar-refractivity contribution is 5.95. The number of ether oxygens (including phenoxy) is 1. The summed E-state index contributed by atoms with van der Waals surface area (Å²) in [5, 5.41) is 56.1. The Morgan fingerprint density at radius 1 is 1.03 bits per heavy atom. The monoisotopic (exact) mass is 492 g/mol. The fourth-order valence-electron chi connectivity index (χ4n) is 9.14. The van der Waals surface area contributed by atoms with Crippen LogP contribution in [0.1, 0.15) is 73.6 Å². The minimum absolute atomic E-state index is 0.0589. The lowest BCUT2D eigenvalue weighted by Crippen LogP contribution is -2.63. The smallest absolute Gasteiger partial charge is 0.159 e. The van der Waals surface area contributed by atoms with Crippen molar-refractivity contribution in [3.63, 3.8) is 0 Å². The normalized spacial score (nSPS) is 55.0. The van der Waals surface area contributed by atoms with Gasteiger partial charge in [0.05, 0.1) is 35.6 Å². The molecule has 0 bridgehead atoms. The lowest BCUT2D eigenvalue weighted by Gasteiger charge is -2.60. The Hall–Kier alpha value is -0.830. The average molecular weight is 493 g/mol. The molecule has 198 valence electrons. The van der Waals surface area contributed by atoms with E-state index in [1.807, 2.05) is 34.6 Å². The Labute approximate surface area is 208 Å². The second-order valence-electron chi connectivity index (χ2n) is 13.6. The molecule has 0 amide bonds. The van der Waals surface area contributed by atoms with Crippen LogP contribution in [0.4, 0.5) is 0 Å². The van der Waals surface area contributed by atoms with Crippen molar-refractivity contribution in [3.05, 3.63) is 11.6 Å². The van der Waals surface area contributed by atoms with E-state index in [0.29, 0.717) is 18.4 Å². The maximum atomic E-state index is 13.3. The summed E-state index contributed by atoms with van der Waals surface area (Å²) >= 11 is 0. The number of ketones is 1. The molecule has 0 aromatic rings. The van der Waals surface area contributed by atoms with Gasteiger partial charge in [-0.3, -0.25) is 4.79 Å². The molecule has 3 saturated carbocycles. The second kappa shape index (κ2) is 7.84. The van der Waals surface area contributed by atoms with Gasteiger partial charge in [-0.05, 0) is 67.4 Å². The van der Waals surface area contributed by atoms with Gasteiger partial charge in [-0.2, -0.15) is 0 Å². The summed E-state index contributed by atoms with van der Waals surface area (Å²) in [5.74, 6) is -0.775. The fourth-order valence-corrected chi connectivity index (χ4v) is 9.14. The van der Waals surface area contributed by atoms with Crippen LogP contribution in [0.5, 0.6) is 0 Å². The third kappa shape index (κ3) is 3.21. The molecule has 7 heteroatoms. The minimum Gasteiger partial charge on any atom is -0.390 e. The molecule has 1 saturated heterocycles. The minimum atomic E-state index is -1.34. The van der Waals surface area contributed by atoms with Gasteiger partial charge in [-0.1, -0.05) is 34.6 Å². The van der Waals surface area contributed by atoms with Gasteiger partial charge in [0.2, 0.25) is 0 Å². The first-order chi connectivity index (χ1) is 16.1. The predicted octanol–water partition coefficient (Wildman–Crippen LogP) is 1.97. The number of hydrogen-bond donors (Lipinski definition) is 5. The van der Waals surface area contributed by atoms with Crippen molar-refractivity contribution in [1.29, 1.82) is 0 Å². The van der Waals surface area contributed by atoms with Crippen molar-refractivity contribution < 1.29 is 35.1 Å². The molecule has 7 nitrogen and oxygen atoms in total. The molecule has 5 aliphatic rings. The molecule has 1 aliphatic heterocycles. The maximum absolute atomic E-state index is 13.3. The number of hydrogen-bond acceptors (Lipinski definition) is 7. The Morgan fingerprint density at radius 3 is 2.31 bits per heavy atom. The molecule has 5 N–H and O–H groups in total. The van der Waals surface area contributed by atoms with Crippen molar-refractivity contribution in [2.45, 2.75) is 115 Å². The van der Waals surface area contributed by atoms with Gasteiger partial charge in [0.25, 0.3) is 0 Å². The van der Waals surface area contributed by atoms with E-state index in [4.69, 9.17) is 4.74 Å². The van der Waals surface area contributed by atoms with Crippen molar-refractivity contribution in [2.75, 3.05) is 0 Å². The van der Waals surface area contributed by atoms with E-state index >= 15 is 0 Å². The van der Waals surface area contributed by atoms with Crippen molar-refractivity contribution in [1.82, 2.24) is 0 Å². The highest BCUT2D eigenvalue weighted by Crippen LogP contribution is 2.70. The summed E-state index contributed by atoms with van der Waals surface area (Å²) in [5.41, 5.74) is -3.21. The zero-order valence-corrected chi connectivity index (χ0v) is 21.9. The molecule has 0 aromatic heterocycles. The van der Waals surface area contributed by atoms with Crippen LogP contribution in [0, 0.1) is 40.4 Å². The molecule has 4 aliphatic carbocycles. The second-order valence-corrected chi connectivity index (χ2v) is 13.6. The third-order valence-corrected chi connectivity index (χ3v) is 11.5. The van der Waals surface area contributed by atoms with Crippen LogP contribution in [-0.4, -0.2) is 73.0 Å². The van der Waals surface area contributed by atoms with E-state index in [9.17, 15) is 30.3 Å². The van der Waals surface area contributed by atoms with E-state index in [2.05, 4.69) is 0 Å². The molecule has 13 atom stereocenters. The van der Waals surface area contributed by atoms with Gasteiger partial charge < -0.3 is 30.3 Å². The first kappa shape index (κ1) is 25.8. The first-order valence-corrected chi connectivity index (χ1v) is 13.5. The van der Waals surface area contributed by atoms with E-state index in [1.54, 1.807) is 13.0 Å². The van der Waals surface area contributed by atoms with Gasteiger partial charge in [0.15, 0.2) is 5.78 Å². The maximum Gasteiger partial charge on any atom is 0.159 e. The van der Waals surface area contributed by atoms with Gasteiger partial charge in [-0.25, -0.2) is 0 Å². The van der Waals surface area contributed by atoms with Gasteiger partial charge in [-0.15, -0.1) is 0 Å². The highest BCUT2D eigenvalue weighted by Gasteiger charge is 2.75. The Morgan fingerprint density at radius 2 is 1.69 bits per heavy atom. The van der Waals surface area contributed by atoms with E-state index < -0.39 is 52.6 Å². The van der Waals surface area contributed by atoms with Crippen molar-refractivity contribution in [2.24, 2.45) is 40.4 Å². The number of allylic oxidation sites excluding steroid dienone is 1. The van der Waals surface area contributed by atoms with Crippen LogP contribution in [0.25, 0.3) is 0 Å². The molecular weight excluding hydrogens is 448 g/mol. The summed E-state index contributed by atoms with van der Waals surface area (Å²) in [6.07, 6.45) is 0.0167. The summed E-state index contributed by atoms with van der Waals surface area (Å²) in [6.45, 7) is 11.8. The topological polar surface area (TPSA) is 127 Å². The number of aliphatic hydroxyl groups is 5. The molecule has 1 unspecified atom stereocenters. The Kier molecular flexibility index (Phi) is 5.78. The van der Waals surface area contributed by atoms with Crippen LogP contribution < -0.4 is 0 Å². The van der Waals surface area contributed by atoms with Crippen molar-refractivity contribution >= 4 is 5.78 Å². The zero-order chi connectivity index (χ0) is 25.9. The molecule has 4 fully saturated rings. The number of rotatable bonds is 3. The van der Waals surface area contributed by atoms with Gasteiger partial charge in [0, 0.05) is 23.7 Å². The number of aliphatic hydroxyl groups excluding tert-OH is 3. The van der Waals surface area contributed by atoms with E-state index in [-0.39, 0.29) is 48.2 Å². The molecule has 0 radical (unpaired) electrons. The lowest BCUT2D eigenvalue weighted by atomic mass is 9.45. The largest absolute Gasteiger partial charge is 0.390 e. The molecule has 1 heterocycles.